The molecule has 0 aliphatic carbocycles. The van der Waals surface area contributed by atoms with Gasteiger partial charge in [-0.25, -0.2) is 4.98 Å². The van der Waals surface area contributed by atoms with Gasteiger partial charge in [-0.2, -0.15) is 0 Å². The monoisotopic (exact) mass is 269 g/mol. The Morgan fingerprint density at radius 3 is 2.94 bits per heavy atom. The van der Waals surface area contributed by atoms with Gasteiger partial charge >= 0.3 is 5.00 Å². The predicted octanol–water partition coefficient (Wildman–Crippen LogP) is 2.01. The number of carbonyl (C=O) groups excluding carboxylic acids is 1. The van der Waals surface area contributed by atoms with E-state index in [2.05, 4.69) is 10.3 Å². The molecule has 0 unspecified atom stereocenters. The Balaban J connectivity index is 2.39. The first kappa shape index (κ1) is 7.77. The molecule has 0 spiro atoms. The van der Waals surface area contributed by atoms with Crippen molar-refractivity contribution in [3.8, 4) is 5.75 Å². The van der Waals surface area contributed by atoms with E-state index in [1.54, 1.807) is 0 Å². The van der Waals surface area contributed by atoms with Crippen LogP contribution in [-0.4, -0.2) is 20.9 Å². The van der Waals surface area contributed by atoms with Gasteiger partial charge in [0.1, 0.15) is 11.9 Å². The highest BCUT2D eigenvalue weighted by Crippen LogP contribution is 2.26. The van der Waals surface area contributed by atoms with E-state index in [0.29, 0.717) is 11.3 Å². The quantitative estimate of drug-likeness (QED) is 0.655. The predicted molar refractivity (Wildman–Crippen MR) is 64.8 cm³/mol. The zero-order valence-corrected chi connectivity index (χ0v) is 9.37. The van der Waals surface area contributed by atoms with E-state index in [1.807, 2.05) is 0 Å². The Bertz CT molecular complexity index is 766. The zero-order valence-electron chi connectivity index (χ0n) is 12.6. The number of phenolic OH excluding ortho intramolecular Hbond substituents is 1. The van der Waals surface area contributed by atoms with Gasteiger partial charge in [-0.15, -0.1) is 0 Å². The summed E-state index contributed by atoms with van der Waals surface area (Å²) in [4.78, 5) is 25.5. The van der Waals surface area contributed by atoms with Gasteiger partial charge < -0.3 is 5.11 Å². The normalized spacial score (nSPS) is 13.1. The van der Waals surface area contributed by atoms with Gasteiger partial charge in [0, 0.05) is 0 Å². The van der Waals surface area contributed by atoms with E-state index in [0.717, 1.165) is 6.20 Å². The lowest BCUT2D eigenvalue weighted by molar-refractivity contribution is -0.380. The fraction of sp³-hybridized carbons (Fsp3) is 0. The molecule has 0 saturated carbocycles. The molecule has 2 N–H and O–H groups in total. The summed E-state index contributed by atoms with van der Waals surface area (Å²) in [7, 11) is 0. The number of benzene rings is 1. The molecule has 1 aromatic heterocycles. The highest BCUT2D eigenvalue weighted by Gasteiger charge is 2.15. The van der Waals surface area contributed by atoms with Crippen molar-refractivity contribution in [2.75, 3.05) is 5.32 Å². The number of thiazole rings is 1. The third-order valence-corrected chi connectivity index (χ3v) is 2.65. The van der Waals surface area contributed by atoms with E-state index in [-0.39, 0.29) is 10.1 Å². The third kappa shape index (κ3) is 2.43. The second-order valence-corrected chi connectivity index (χ2v) is 3.95. The maximum absolute atomic E-state index is 12.0. The Morgan fingerprint density at radius 1 is 1.56 bits per heavy atom. The summed E-state index contributed by atoms with van der Waals surface area (Å²) in [6, 6.07) is -2.83. The fourth-order valence-electron chi connectivity index (χ4n) is 1.04. The van der Waals surface area contributed by atoms with Crippen LogP contribution in [0.1, 0.15) is 15.8 Å². The summed E-state index contributed by atoms with van der Waals surface area (Å²) in [5.74, 6) is -1.96. The lowest BCUT2D eigenvalue weighted by Gasteiger charge is -2.02. The first-order valence-corrected chi connectivity index (χ1v) is 5.26. The Labute approximate surface area is 110 Å². The number of phenols is 1. The molecule has 7 nitrogen and oxygen atoms in total. The number of rotatable bonds is 3. The van der Waals surface area contributed by atoms with Gasteiger partial charge in [0.05, 0.1) is 16.0 Å². The molecule has 1 heterocycles. The number of carbonyl (C=O) groups is 1. The number of para-hydroxylation sites is 1. The highest BCUT2D eigenvalue weighted by atomic mass is 32.1. The Morgan fingerprint density at radius 2 is 2.28 bits per heavy atom. The second-order valence-electron chi connectivity index (χ2n) is 2.94. The first-order chi connectivity index (χ1) is 10.2. The molecule has 0 radical (unpaired) electrons. The molecule has 0 aliphatic rings. The highest BCUT2D eigenvalue weighted by molar-refractivity contribution is 7.18. The number of amides is 1. The van der Waals surface area contributed by atoms with Crippen LogP contribution in [0.5, 0.6) is 5.75 Å². The summed E-state index contributed by atoms with van der Waals surface area (Å²) in [5, 5.41) is 22.0. The summed E-state index contributed by atoms with van der Waals surface area (Å²) < 4.78 is 29.9. The number of aromatic nitrogens is 1. The van der Waals surface area contributed by atoms with Gasteiger partial charge in [-0.1, -0.05) is 12.1 Å². The molecule has 1 amide bonds. The zero-order chi connectivity index (χ0) is 16.6. The smallest absolute Gasteiger partial charge is 0.345 e. The standard InChI is InChI=1S/C10H7N3O4S/c14-7-4-2-1-3-6(7)9(15)12-10-11-5-8(18-10)13(16)17/h1-5,14H,(H,11,12,15)/i1D,2D,3D,4D. The van der Waals surface area contributed by atoms with Crippen LogP contribution in [0.3, 0.4) is 0 Å². The molecule has 2 rings (SSSR count). The maximum atomic E-state index is 12.0. The third-order valence-electron chi connectivity index (χ3n) is 1.79. The summed E-state index contributed by atoms with van der Waals surface area (Å²) in [6.45, 7) is 0. The van der Waals surface area contributed by atoms with Gasteiger partial charge in [-0.3, -0.25) is 20.2 Å². The van der Waals surface area contributed by atoms with Gasteiger partial charge in [0.25, 0.3) is 5.91 Å². The molecule has 0 bridgehead atoms. The van der Waals surface area contributed by atoms with Crippen molar-refractivity contribution in [1.82, 2.24) is 4.98 Å². The molecule has 1 aromatic carbocycles. The van der Waals surface area contributed by atoms with Crippen LogP contribution in [0.4, 0.5) is 10.1 Å². The minimum atomic E-state index is -1.05. The van der Waals surface area contributed by atoms with Gasteiger partial charge in [-0.05, 0) is 23.4 Å². The summed E-state index contributed by atoms with van der Waals surface area (Å²) >= 11 is 0.571. The van der Waals surface area contributed by atoms with E-state index < -0.39 is 46.3 Å². The van der Waals surface area contributed by atoms with Crippen LogP contribution in [-0.2, 0) is 0 Å². The van der Waals surface area contributed by atoms with Crippen molar-refractivity contribution in [2.45, 2.75) is 0 Å². The molecule has 0 fully saturated rings. The average Bonchev–Trinajstić information content (AvgIpc) is 2.92. The van der Waals surface area contributed by atoms with Crippen LogP contribution in [0.2, 0.25) is 0 Å². The number of anilines is 1. The first-order valence-electron chi connectivity index (χ1n) is 6.45. The molecule has 18 heavy (non-hydrogen) atoms. The largest absolute Gasteiger partial charge is 0.507 e. The summed E-state index contributed by atoms with van der Waals surface area (Å²) in [6.07, 6.45) is 0.931. The second kappa shape index (κ2) is 4.80. The van der Waals surface area contributed by atoms with Gasteiger partial charge in [0.15, 0.2) is 5.13 Å². The lowest BCUT2D eigenvalue weighted by atomic mass is 10.2. The van der Waals surface area contributed by atoms with Crippen LogP contribution >= 0.6 is 11.3 Å². The average molecular weight is 269 g/mol. The van der Waals surface area contributed by atoms with Crippen molar-refractivity contribution in [2.24, 2.45) is 0 Å². The fourth-order valence-corrected chi connectivity index (χ4v) is 1.66. The van der Waals surface area contributed by atoms with Crippen molar-refractivity contribution < 1.29 is 20.3 Å². The van der Waals surface area contributed by atoms with E-state index in [1.165, 1.54) is 0 Å². The molecule has 2 aromatic rings. The topological polar surface area (TPSA) is 105 Å². The molecular weight excluding hydrogens is 258 g/mol. The van der Waals surface area contributed by atoms with Crippen LogP contribution in [0.25, 0.3) is 0 Å². The molecule has 8 heteroatoms. The molecule has 0 saturated heterocycles. The molecular formula is C10H7N3O4S. The van der Waals surface area contributed by atoms with Gasteiger partial charge in [0.2, 0.25) is 0 Å². The molecule has 0 aliphatic heterocycles. The van der Waals surface area contributed by atoms with E-state index in [4.69, 9.17) is 5.48 Å². The van der Waals surface area contributed by atoms with Crippen molar-refractivity contribution in [3.63, 3.8) is 0 Å². The number of nitrogens with one attached hydrogen (secondary N) is 1. The van der Waals surface area contributed by atoms with Crippen LogP contribution in [0, 0.1) is 10.1 Å². The molecule has 92 valence electrons. The maximum Gasteiger partial charge on any atom is 0.345 e. The van der Waals surface area contributed by atoms with Crippen LogP contribution < -0.4 is 5.32 Å². The van der Waals surface area contributed by atoms with Crippen molar-refractivity contribution >= 4 is 27.4 Å². The number of nitro groups is 1. The van der Waals surface area contributed by atoms with Crippen LogP contribution in [0.15, 0.2) is 30.4 Å². The van der Waals surface area contributed by atoms with Crippen molar-refractivity contribution in [1.29, 1.82) is 0 Å². The Hall–Kier alpha value is -2.48. The SMILES string of the molecule is [2H]c1c([2H])c([2H])c(C(=O)Nc2ncc([N+](=O)[O-])s2)c(O)c1[2H]. The molecule has 0 atom stereocenters. The lowest BCUT2D eigenvalue weighted by Crippen LogP contribution is -2.11. The number of hydrogen-bond acceptors (Lipinski definition) is 6. The minimum Gasteiger partial charge on any atom is -0.507 e. The number of aromatic hydroxyl groups is 1. The number of hydrogen-bond donors (Lipinski definition) is 2. The summed E-state index contributed by atoms with van der Waals surface area (Å²) in [5.41, 5.74) is -0.663. The number of nitrogens with zero attached hydrogens (tertiary/aromatic N) is 2. The van der Waals surface area contributed by atoms with Crippen molar-refractivity contribution in [3.05, 3.63) is 46.0 Å². The van der Waals surface area contributed by atoms with E-state index >= 15 is 0 Å². The minimum absolute atomic E-state index is 0.136. The van der Waals surface area contributed by atoms with E-state index in [9.17, 15) is 20.0 Å². The Kier molecular flexibility index (Phi) is 2.07.